The smallest absolute Gasteiger partial charge is 0.313 e. The molecule has 0 spiro atoms. The molecule has 2 atom stereocenters. The van der Waals surface area contributed by atoms with Gasteiger partial charge in [0.1, 0.15) is 6.54 Å². The second-order valence-corrected chi connectivity index (χ2v) is 7.21. The summed E-state index contributed by atoms with van der Waals surface area (Å²) in [5.74, 6) is 0.000252. The highest BCUT2D eigenvalue weighted by atomic mass is 16.5. The first-order chi connectivity index (χ1) is 12.5. The van der Waals surface area contributed by atoms with Gasteiger partial charge in [-0.2, -0.15) is 5.10 Å². The van der Waals surface area contributed by atoms with E-state index < -0.39 is 5.41 Å². The third kappa shape index (κ3) is 3.03. The van der Waals surface area contributed by atoms with Gasteiger partial charge in [-0.15, -0.1) is 0 Å². The van der Waals surface area contributed by atoms with E-state index in [-0.39, 0.29) is 24.3 Å². The summed E-state index contributed by atoms with van der Waals surface area (Å²) in [6, 6.07) is 9.43. The summed E-state index contributed by atoms with van der Waals surface area (Å²) >= 11 is 0. The molecule has 6 heteroatoms. The van der Waals surface area contributed by atoms with Crippen molar-refractivity contribution in [1.29, 1.82) is 0 Å². The van der Waals surface area contributed by atoms with Crippen LogP contribution in [0.3, 0.4) is 0 Å². The molecule has 1 saturated heterocycles. The fourth-order valence-electron chi connectivity index (χ4n) is 4.07. The lowest BCUT2D eigenvalue weighted by Gasteiger charge is -2.24. The molecule has 1 aromatic heterocycles. The van der Waals surface area contributed by atoms with Gasteiger partial charge in [-0.25, -0.2) is 0 Å². The quantitative estimate of drug-likeness (QED) is 0.664. The number of cyclic esters (lactones) is 1. The van der Waals surface area contributed by atoms with E-state index in [2.05, 4.69) is 17.0 Å². The van der Waals surface area contributed by atoms with E-state index in [1.807, 2.05) is 24.3 Å². The number of carbonyl (C=O) groups is 2. The van der Waals surface area contributed by atoms with Crippen LogP contribution in [0.5, 0.6) is 0 Å². The molecule has 2 aromatic rings. The minimum Gasteiger partial charge on any atom is -0.465 e. The van der Waals surface area contributed by atoms with Crippen LogP contribution in [0.1, 0.15) is 18.4 Å². The first-order valence-corrected chi connectivity index (χ1v) is 8.75. The van der Waals surface area contributed by atoms with Crippen LogP contribution in [0.15, 0.2) is 54.9 Å². The highest BCUT2D eigenvalue weighted by molar-refractivity contribution is 5.90. The van der Waals surface area contributed by atoms with Crippen LogP contribution in [-0.4, -0.2) is 28.3 Å². The zero-order chi connectivity index (χ0) is 18.1. The lowest BCUT2D eigenvalue weighted by molar-refractivity contribution is -0.146. The van der Waals surface area contributed by atoms with Crippen molar-refractivity contribution in [2.45, 2.75) is 25.8 Å². The largest absolute Gasteiger partial charge is 0.465 e. The summed E-state index contributed by atoms with van der Waals surface area (Å²) in [5.41, 5.74) is 2.47. The fourth-order valence-corrected chi connectivity index (χ4v) is 4.07. The van der Waals surface area contributed by atoms with Crippen molar-refractivity contribution >= 4 is 17.6 Å². The van der Waals surface area contributed by atoms with E-state index in [0.717, 1.165) is 23.2 Å². The Bertz CT molecular complexity index is 842. The van der Waals surface area contributed by atoms with Crippen LogP contribution in [0.4, 0.5) is 5.69 Å². The van der Waals surface area contributed by atoms with Crippen molar-refractivity contribution in [1.82, 2.24) is 9.78 Å². The molecule has 134 valence electrons. The molecule has 4 rings (SSSR count). The molecule has 1 aliphatic heterocycles. The van der Waals surface area contributed by atoms with Gasteiger partial charge >= 0.3 is 5.97 Å². The number of esters is 1. The molecule has 6 nitrogen and oxygen atoms in total. The molecular weight excluding hydrogens is 330 g/mol. The van der Waals surface area contributed by atoms with Gasteiger partial charge in [0.25, 0.3) is 0 Å². The molecule has 1 N–H and O–H groups in total. The molecule has 0 radical (unpaired) electrons. The van der Waals surface area contributed by atoms with Crippen molar-refractivity contribution in [3.63, 3.8) is 0 Å². The SMILES string of the molecule is C=C1CC2COC(=O)C2(Cc2ccc(NC(=O)Cn3cccn3)cc2)C1. The minimum atomic E-state index is -0.456. The second kappa shape index (κ2) is 6.44. The summed E-state index contributed by atoms with van der Waals surface area (Å²) in [4.78, 5) is 24.4. The zero-order valence-electron chi connectivity index (χ0n) is 14.5. The third-order valence-electron chi connectivity index (χ3n) is 5.33. The molecule has 2 heterocycles. The van der Waals surface area contributed by atoms with Gasteiger partial charge in [-0.05, 0) is 43.0 Å². The Morgan fingerprint density at radius 1 is 1.38 bits per heavy atom. The van der Waals surface area contributed by atoms with Crippen LogP contribution < -0.4 is 5.32 Å². The predicted octanol–water partition coefficient (Wildman–Crippen LogP) is 2.57. The summed E-state index contributed by atoms with van der Waals surface area (Å²) in [6.07, 6.45) is 5.61. The predicted molar refractivity (Wildman–Crippen MR) is 96.3 cm³/mol. The summed E-state index contributed by atoms with van der Waals surface area (Å²) < 4.78 is 6.90. The lowest BCUT2D eigenvalue weighted by Crippen LogP contribution is -2.31. The van der Waals surface area contributed by atoms with E-state index in [1.165, 1.54) is 0 Å². The Kier molecular flexibility index (Phi) is 4.11. The number of hydrogen-bond donors (Lipinski definition) is 1. The second-order valence-electron chi connectivity index (χ2n) is 7.21. The van der Waals surface area contributed by atoms with Crippen molar-refractivity contribution < 1.29 is 14.3 Å². The Labute approximate surface area is 151 Å². The van der Waals surface area contributed by atoms with Crippen molar-refractivity contribution in [3.8, 4) is 0 Å². The number of ether oxygens (including phenoxy) is 1. The molecule has 2 aliphatic rings. The van der Waals surface area contributed by atoms with Gasteiger partial charge in [0, 0.05) is 24.0 Å². The number of hydrogen-bond acceptors (Lipinski definition) is 4. The Balaban J connectivity index is 1.42. The van der Waals surface area contributed by atoms with E-state index in [4.69, 9.17) is 4.74 Å². The van der Waals surface area contributed by atoms with E-state index in [9.17, 15) is 9.59 Å². The monoisotopic (exact) mass is 351 g/mol. The number of allylic oxidation sites excluding steroid dienone is 1. The summed E-state index contributed by atoms with van der Waals surface area (Å²) in [5, 5.41) is 6.87. The van der Waals surface area contributed by atoms with Gasteiger partial charge in [0.05, 0.1) is 12.0 Å². The van der Waals surface area contributed by atoms with E-state index in [1.54, 1.807) is 23.1 Å². The normalized spacial score (nSPS) is 24.4. The highest BCUT2D eigenvalue weighted by Gasteiger charge is 2.55. The number of rotatable bonds is 5. The third-order valence-corrected chi connectivity index (χ3v) is 5.33. The number of carbonyl (C=O) groups excluding carboxylic acids is 2. The molecule has 2 unspecified atom stereocenters. The maximum atomic E-state index is 12.4. The minimum absolute atomic E-state index is 0.0993. The molecule has 1 aliphatic carbocycles. The average Bonchev–Trinajstić information content (AvgIpc) is 3.28. The fraction of sp³-hybridized carbons (Fsp3) is 0.350. The van der Waals surface area contributed by atoms with Crippen LogP contribution in [0, 0.1) is 11.3 Å². The zero-order valence-corrected chi connectivity index (χ0v) is 14.5. The molecule has 2 fully saturated rings. The topological polar surface area (TPSA) is 73.2 Å². The summed E-state index contributed by atoms with van der Waals surface area (Å²) in [7, 11) is 0. The van der Waals surface area contributed by atoms with Crippen molar-refractivity contribution in [3.05, 3.63) is 60.4 Å². The number of benzene rings is 1. The van der Waals surface area contributed by atoms with Crippen LogP contribution in [0.2, 0.25) is 0 Å². The molecule has 0 bridgehead atoms. The van der Waals surface area contributed by atoms with Gasteiger partial charge in [0.15, 0.2) is 0 Å². The maximum absolute atomic E-state index is 12.4. The highest BCUT2D eigenvalue weighted by Crippen LogP contribution is 2.52. The average molecular weight is 351 g/mol. The van der Waals surface area contributed by atoms with Gasteiger partial charge < -0.3 is 10.1 Å². The molecular formula is C20H21N3O3. The molecule has 1 saturated carbocycles. The van der Waals surface area contributed by atoms with Gasteiger partial charge in [-0.3, -0.25) is 14.3 Å². The van der Waals surface area contributed by atoms with E-state index >= 15 is 0 Å². The van der Waals surface area contributed by atoms with Gasteiger partial charge in [-0.1, -0.05) is 24.3 Å². The Hall–Kier alpha value is -2.89. The lowest BCUT2D eigenvalue weighted by atomic mass is 9.75. The standard InChI is InChI=1S/C20H21N3O3/c1-14-9-16-13-26-19(25)20(16,10-14)11-15-3-5-17(6-4-15)22-18(24)12-23-8-2-7-21-23/h2-8,16H,1,9-13H2,(H,22,24). The van der Waals surface area contributed by atoms with Crippen LogP contribution in [-0.2, 0) is 27.3 Å². The number of fused-ring (bicyclic) bond motifs is 1. The first kappa shape index (κ1) is 16.6. The van der Waals surface area contributed by atoms with Crippen molar-refractivity contribution in [2.75, 3.05) is 11.9 Å². The number of aromatic nitrogens is 2. The summed E-state index contributed by atoms with van der Waals surface area (Å²) in [6.45, 7) is 4.75. The number of amides is 1. The van der Waals surface area contributed by atoms with Gasteiger partial charge in [0.2, 0.25) is 5.91 Å². The number of nitrogens with one attached hydrogen (secondary N) is 1. The van der Waals surface area contributed by atoms with E-state index in [0.29, 0.717) is 19.4 Å². The Morgan fingerprint density at radius 2 is 2.19 bits per heavy atom. The van der Waals surface area contributed by atoms with Crippen LogP contribution >= 0.6 is 0 Å². The molecule has 26 heavy (non-hydrogen) atoms. The van der Waals surface area contributed by atoms with Crippen molar-refractivity contribution in [2.24, 2.45) is 11.3 Å². The maximum Gasteiger partial charge on any atom is 0.313 e. The van der Waals surface area contributed by atoms with Crippen LogP contribution in [0.25, 0.3) is 0 Å². The molecule has 1 aromatic carbocycles. The Morgan fingerprint density at radius 3 is 2.92 bits per heavy atom. The first-order valence-electron chi connectivity index (χ1n) is 8.75. The number of anilines is 1. The number of nitrogens with zero attached hydrogens (tertiary/aromatic N) is 2. The molecule has 1 amide bonds.